The number of fused-ring (bicyclic) bond motifs is 2. The Hall–Kier alpha value is -2.80. The molecule has 2 unspecified atom stereocenters. The molecule has 0 fully saturated rings. The maximum atomic E-state index is 12.1. The number of carbonyl (C=O) groups excluding carboxylic acids is 1. The van der Waals surface area contributed by atoms with Gasteiger partial charge >= 0.3 is 5.97 Å². The van der Waals surface area contributed by atoms with Gasteiger partial charge in [-0.2, -0.15) is 0 Å². The molecule has 3 aromatic carbocycles. The van der Waals surface area contributed by atoms with E-state index >= 15 is 0 Å². The van der Waals surface area contributed by atoms with Crippen LogP contribution in [0.4, 0.5) is 0 Å². The molecular weight excluding hydrogens is 458 g/mol. The van der Waals surface area contributed by atoms with Crippen LogP contribution >= 0.6 is 11.8 Å². The van der Waals surface area contributed by atoms with Gasteiger partial charge in [-0.15, -0.1) is 11.8 Å². The van der Waals surface area contributed by atoms with E-state index in [9.17, 15) is 4.79 Å². The molecule has 4 rings (SSSR count). The van der Waals surface area contributed by atoms with Crippen LogP contribution in [0.1, 0.15) is 42.1 Å². The fourth-order valence-corrected chi connectivity index (χ4v) is 5.40. The van der Waals surface area contributed by atoms with Gasteiger partial charge in [0, 0.05) is 30.2 Å². The maximum absolute atomic E-state index is 12.1. The van der Waals surface area contributed by atoms with Gasteiger partial charge in [0.15, 0.2) is 6.10 Å². The zero-order chi connectivity index (χ0) is 24.5. The quantitative estimate of drug-likeness (QED) is 0.280. The summed E-state index contributed by atoms with van der Waals surface area (Å²) in [5, 5.41) is 3.71. The second kappa shape index (κ2) is 12.8. The second-order valence-corrected chi connectivity index (χ2v) is 9.32. The van der Waals surface area contributed by atoms with Gasteiger partial charge in [-0.3, -0.25) is 0 Å². The molecule has 0 aliphatic carbocycles. The van der Waals surface area contributed by atoms with Crippen molar-refractivity contribution in [1.82, 2.24) is 5.32 Å². The molecule has 0 bridgehead atoms. The van der Waals surface area contributed by atoms with E-state index in [0.29, 0.717) is 26.2 Å². The first-order chi connectivity index (χ1) is 17.2. The molecule has 3 aromatic rings. The lowest BCUT2D eigenvalue weighted by molar-refractivity contribution is -0.156. The predicted octanol–water partition coefficient (Wildman–Crippen LogP) is 5.56. The highest BCUT2D eigenvalue weighted by molar-refractivity contribution is 7.98. The van der Waals surface area contributed by atoms with Crippen LogP contribution in [0.15, 0.2) is 77.7 Å². The minimum atomic E-state index is -0.584. The molecule has 0 saturated carbocycles. The number of ether oxygens (including phenoxy) is 3. The van der Waals surface area contributed by atoms with E-state index in [-0.39, 0.29) is 12.0 Å². The van der Waals surface area contributed by atoms with Gasteiger partial charge in [-0.05, 0) is 54.3 Å². The molecule has 184 valence electrons. The smallest absolute Gasteiger partial charge is 0.335 e. The SMILES string of the molecule is CCOC(=O)C(Cc1ccc(OCCNC2c3ccccc3CSc3ccccc32)cc1)OCC. The molecule has 0 spiro atoms. The molecule has 1 aliphatic rings. The highest BCUT2D eigenvalue weighted by Gasteiger charge is 2.23. The first-order valence-corrected chi connectivity index (χ1v) is 13.2. The Balaban J connectivity index is 1.34. The Morgan fingerprint density at radius 3 is 2.49 bits per heavy atom. The number of esters is 1. The highest BCUT2D eigenvalue weighted by Crippen LogP contribution is 2.39. The number of hydrogen-bond acceptors (Lipinski definition) is 6. The zero-order valence-corrected chi connectivity index (χ0v) is 21.2. The van der Waals surface area contributed by atoms with Crippen LogP contribution in [0.5, 0.6) is 5.75 Å². The lowest BCUT2D eigenvalue weighted by Gasteiger charge is -2.21. The van der Waals surface area contributed by atoms with Crippen molar-refractivity contribution in [1.29, 1.82) is 0 Å². The predicted molar refractivity (Wildman–Crippen MR) is 140 cm³/mol. The molecule has 35 heavy (non-hydrogen) atoms. The third kappa shape index (κ3) is 6.66. The minimum Gasteiger partial charge on any atom is -0.492 e. The maximum Gasteiger partial charge on any atom is 0.335 e. The summed E-state index contributed by atoms with van der Waals surface area (Å²) in [7, 11) is 0. The summed E-state index contributed by atoms with van der Waals surface area (Å²) in [6.45, 7) is 5.76. The van der Waals surface area contributed by atoms with Gasteiger partial charge in [-0.25, -0.2) is 4.79 Å². The van der Waals surface area contributed by atoms with Crippen molar-refractivity contribution in [3.63, 3.8) is 0 Å². The Morgan fingerprint density at radius 2 is 1.71 bits per heavy atom. The number of benzene rings is 3. The number of carbonyl (C=O) groups is 1. The summed E-state index contributed by atoms with van der Waals surface area (Å²) in [6.07, 6.45) is -0.105. The van der Waals surface area contributed by atoms with Crippen molar-refractivity contribution in [2.75, 3.05) is 26.4 Å². The van der Waals surface area contributed by atoms with Crippen LogP contribution in [-0.4, -0.2) is 38.4 Å². The Kier molecular flexibility index (Phi) is 9.23. The summed E-state index contributed by atoms with van der Waals surface area (Å²) in [6, 6.07) is 25.3. The molecule has 0 amide bonds. The van der Waals surface area contributed by atoms with Crippen LogP contribution in [0.2, 0.25) is 0 Å². The van der Waals surface area contributed by atoms with Crippen LogP contribution < -0.4 is 10.1 Å². The van der Waals surface area contributed by atoms with Crippen LogP contribution in [0.3, 0.4) is 0 Å². The van der Waals surface area contributed by atoms with Crippen molar-refractivity contribution < 1.29 is 19.0 Å². The summed E-state index contributed by atoms with van der Waals surface area (Å²) in [5.74, 6) is 1.46. The summed E-state index contributed by atoms with van der Waals surface area (Å²) in [5.41, 5.74) is 5.03. The highest BCUT2D eigenvalue weighted by atomic mass is 32.2. The Labute approximate surface area is 212 Å². The van der Waals surface area contributed by atoms with Crippen molar-refractivity contribution in [2.45, 2.75) is 43.1 Å². The first kappa shape index (κ1) is 25.3. The normalized spacial score (nSPS) is 15.4. The van der Waals surface area contributed by atoms with Crippen LogP contribution in [-0.2, 0) is 26.4 Å². The zero-order valence-electron chi connectivity index (χ0n) is 20.4. The molecule has 1 heterocycles. The lowest BCUT2D eigenvalue weighted by atomic mass is 9.95. The molecule has 1 N–H and O–H groups in total. The molecular formula is C29H33NO4S. The third-order valence-corrected chi connectivity index (χ3v) is 7.10. The van der Waals surface area contributed by atoms with Crippen molar-refractivity contribution in [3.8, 4) is 5.75 Å². The van der Waals surface area contributed by atoms with Gasteiger partial charge in [0.1, 0.15) is 12.4 Å². The Morgan fingerprint density at radius 1 is 0.971 bits per heavy atom. The fraction of sp³-hybridized carbons (Fsp3) is 0.345. The number of thioether (sulfide) groups is 1. The molecule has 2 atom stereocenters. The average Bonchev–Trinajstić information content (AvgIpc) is 3.04. The van der Waals surface area contributed by atoms with E-state index in [1.165, 1.54) is 21.6 Å². The number of nitrogens with one attached hydrogen (secondary N) is 1. The third-order valence-electron chi connectivity index (χ3n) is 5.96. The van der Waals surface area contributed by atoms with Crippen molar-refractivity contribution in [3.05, 3.63) is 95.1 Å². The van der Waals surface area contributed by atoms with Gasteiger partial charge in [0.05, 0.1) is 12.6 Å². The monoisotopic (exact) mass is 491 g/mol. The number of rotatable bonds is 11. The van der Waals surface area contributed by atoms with E-state index in [1.54, 1.807) is 6.92 Å². The van der Waals surface area contributed by atoms with Gasteiger partial charge in [-0.1, -0.05) is 54.6 Å². The number of hydrogen-bond donors (Lipinski definition) is 1. The van der Waals surface area contributed by atoms with Crippen molar-refractivity contribution in [2.24, 2.45) is 0 Å². The summed E-state index contributed by atoms with van der Waals surface area (Å²) < 4.78 is 16.7. The minimum absolute atomic E-state index is 0.141. The van der Waals surface area contributed by atoms with Crippen LogP contribution in [0, 0.1) is 0 Å². The average molecular weight is 492 g/mol. The summed E-state index contributed by atoms with van der Waals surface area (Å²) >= 11 is 1.90. The van der Waals surface area contributed by atoms with Crippen LogP contribution in [0.25, 0.3) is 0 Å². The van der Waals surface area contributed by atoms with E-state index < -0.39 is 6.10 Å². The standard InChI is InChI=1S/C29H33NO4S/c1-3-32-26(29(31)33-4-2)19-21-13-15-23(16-14-21)34-18-17-30-28-24-10-6-5-9-22(24)20-35-27-12-8-7-11-25(27)28/h5-16,26,28,30H,3-4,17-20H2,1-2H3. The molecule has 5 nitrogen and oxygen atoms in total. The van der Waals surface area contributed by atoms with E-state index in [2.05, 4.69) is 53.8 Å². The lowest BCUT2D eigenvalue weighted by Crippen LogP contribution is -2.29. The molecule has 0 aromatic heterocycles. The molecule has 0 saturated heterocycles. The van der Waals surface area contributed by atoms with E-state index in [1.807, 2.05) is 43.0 Å². The summed E-state index contributed by atoms with van der Waals surface area (Å²) in [4.78, 5) is 13.4. The largest absolute Gasteiger partial charge is 0.492 e. The van der Waals surface area contributed by atoms with Gasteiger partial charge in [0.2, 0.25) is 0 Å². The molecule has 6 heteroatoms. The molecule has 0 radical (unpaired) electrons. The van der Waals surface area contributed by atoms with E-state index in [4.69, 9.17) is 14.2 Å². The molecule has 1 aliphatic heterocycles. The van der Waals surface area contributed by atoms with Crippen molar-refractivity contribution >= 4 is 17.7 Å². The first-order valence-electron chi connectivity index (χ1n) is 12.2. The van der Waals surface area contributed by atoms with E-state index in [0.717, 1.165) is 23.6 Å². The van der Waals surface area contributed by atoms with Gasteiger partial charge < -0.3 is 19.5 Å². The fourth-order valence-electron chi connectivity index (χ4n) is 4.30. The second-order valence-electron chi connectivity index (χ2n) is 8.31. The van der Waals surface area contributed by atoms with Gasteiger partial charge in [0.25, 0.3) is 0 Å². The topological polar surface area (TPSA) is 56.8 Å². The Bertz CT molecular complexity index is 1050.